The van der Waals surface area contributed by atoms with Crippen LogP contribution in [0.4, 0.5) is 10.1 Å². The first-order valence-electron chi connectivity index (χ1n) is 11.0. The van der Waals surface area contributed by atoms with E-state index < -0.39 is 0 Å². The lowest BCUT2D eigenvalue weighted by atomic mass is 9.87. The summed E-state index contributed by atoms with van der Waals surface area (Å²) in [5.41, 5.74) is 5.41. The molecular formula is C27H28FN2O+. The third-order valence-electron chi connectivity index (χ3n) is 6.96. The smallest absolute Gasteiger partial charge is 0.258 e. The zero-order valence-electron chi connectivity index (χ0n) is 18.1. The number of nitrogens with zero attached hydrogens (tertiary/aromatic N) is 2. The Morgan fingerprint density at radius 3 is 2.55 bits per heavy atom. The van der Waals surface area contributed by atoms with Crippen molar-refractivity contribution in [2.24, 2.45) is 0 Å². The molecule has 0 aromatic heterocycles. The van der Waals surface area contributed by atoms with Gasteiger partial charge in [0.05, 0.1) is 32.1 Å². The molecular weight excluding hydrogens is 387 g/mol. The maximum Gasteiger partial charge on any atom is 0.258 e. The Hall–Kier alpha value is -2.98. The van der Waals surface area contributed by atoms with Gasteiger partial charge in [0.2, 0.25) is 0 Å². The van der Waals surface area contributed by atoms with Gasteiger partial charge in [-0.1, -0.05) is 48.0 Å². The summed E-state index contributed by atoms with van der Waals surface area (Å²) in [7, 11) is 2.34. The molecule has 0 saturated carbocycles. The summed E-state index contributed by atoms with van der Waals surface area (Å²) in [5, 5.41) is 0. The van der Waals surface area contributed by atoms with Crippen LogP contribution in [0.2, 0.25) is 0 Å². The molecule has 4 heteroatoms. The molecule has 2 aliphatic heterocycles. The van der Waals surface area contributed by atoms with Crippen LogP contribution in [0.1, 0.15) is 39.4 Å². The lowest BCUT2D eigenvalue weighted by Gasteiger charge is -2.44. The number of hydrogen-bond acceptors (Lipinski definition) is 1. The Morgan fingerprint density at radius 2 is 1.81 bits per heavy atom. The monoisotopic (exact) mass is 415 g/mol. The molecule has 0 radical (unpaired) electrons. The van der Waals surface area contributed by atoms with Gasteiger partial charge >= 0.3 is 0 Å². The number of halogens is 1. The summed E-state index contributed by atoms with van der Waals surface area (Å²) < 4.78 is 14.4. The number of aryl methyl sites for hydroxylation is 1. The number of rotatable bonds is 3. The van der Waals surface area contributed by atoms with Gasteiger partial charge in [-0.2, -0.15) is 0 Å². The minimum absolute atomic E-state index is 0.0308. The molecule has 2 aliphatic rings. The van der Waals surface area contributed by atoms with E-state index in [1.165, 1.54) is 28.8 Å². The van der Waals surface area contributed by atoms with Crippen LogP contribution in [-0.2, 0) is 6.54 Å². The molecule has 1 saturated heterocycles. The first-order chi connectivity index (χ1) is 14.9. The molecule has 1 unspecified atom stereocenters. The van der Waals surface area contributed by atoms with E-state index in [4.69, 9.17) is 0 Å². The molecule has 0 aliphatic carbocycles. The van der Waals surface area contributed by atoms with Crippen LogP contribution in [-0.4, -0.2) is 36.6 Å². The van der Waals surface area contributed by atoms with Crippen molar-refractivity contribution < 1.29 is 13.7 Å². The number of quaternary nitrogens is 1. The Bertz CT molecular complexity index is 1110. The molecule has 0 spiro atoms. The van der Waals surface area contributed by atoms with Crippen LogP contribution in [0.5, 0.6) is 0 Å². The predicted molar refractivity (Wildman–Crippen MR) is 122 cm³/mol. The van der Waals surface area contributed by atoms with Crippen LogP contribution >= 0.6 is 0 Å². The van der Waals surface area contributed by atoms with E-state index in [-0.39, 0.29) is 17.8 Å². The van der Waals surface area contributed by atoms with Gasteiger partial charge < -0.3 is 9.38 Å². The van der Waals surface area contributed by atoms with E-state index in [0.717, 1.165) is 36.2 Å². The largest absolute Gasteiger partial charge is 0.322 e. The second-order valence-electron chi connectivity index (χ2n) is 9.38. The van der Waals surface area contributed by atoms with Crippen LogP contribution in [0.3, 0.4) is 0 Å². The third-order valence-corrected chi connectivity index (χ3v) is 6.96. The summed E-state index contributed by atoms with van der Waals surface area (Å²) in [6, 6.07) is 23.2. The maximum absolute atomic E-state index is 13.5. The van der Waals surface area contributed by atoms with Gasteiger partial charge in [0.25, 0.3) is 5.91 Å². The molecule has 1 amide bonds. The molecule has 1 fully saturated rings. The summed E-state index contributed by atoms with van der Waals surface area (Å²) in [4.78, 5) is 15.5. The summed E-state index contributed by atoms with van der Waals surface area (Å²) in [6.45, 7) is 5.14. The van der Waals surface area contributed by atoms with Crippen LogP contribution in [0, 0.1) is 12.7 Å². The minimum atomic E-state index is -0.321. The van der Waals surface area contributed by atoms with Gasteiger partial charge in [-0.3, -0.25) is 4.79 Å². The highest BCUT2D eigenvalue weighted by atomic mass is 19.1. The first-order valence-corrected chi connectivity index (χ1v) is 11.0. The van der Waals surface area contributed by atoms with Crippen LogP contribution < -0.4 is 4.90 Å². The second kappa shape index (κ2) is 7.61. The molecule has 0 bridgehead atoms. The van der Waals surface area contributed by atoms with Gasteiger partial charge in [0.1, 0.15) is 12.4 Å². The van der Waals surface area contributed by atoms with Crippen molar-refractivity contribution in [3.05, 3.63) is 101 Å². The fourth-order valence-corrected chi connectivity index (χ4v) is 5.48. The molecule has 3 nitrogen and oxygen atoms in total. The SMILES string of the molecule is Cc1ccc2c(c1)[C@@H]1C[N+](C)(Cc3ccccc3)CC[C@@H]1N2C(=O)c1ccc(F)cc1. The lowest BCUT2D eigenvalue weighted by molar-refractivity contribution is -0.928. The van der Waals surface area contributed by atoms with E-state index in [9.17, 15) is 9.18 Å². The van der Waals surface area contributed by atoms with Gasteiger partial charge in [-0.05, 0) is 42.8 Å². The highest BCUT2D eigenvalue weighted by molar-refractivity contribution is 6.08. The van der Waals surface area contributed by atoms with E-state index >= 15 is 0 Å². The molecule has 3 aromatic rings. The predicted octanol–water partition coefficient (Wildman–Crippen LogP) is 5.30. The van der Waals surface area contributed by atoms with Gasteiger partial charge in [0.15, 0.2) is 0 Å². The zero-order valence-corrected chi connectivity index (χ0v) is 18.1. The number of likely N-dealkylation sites (N-methyl/N-ethyl adjacent to an activating group) is 1. The number of anilines is 1. The topological polar surface area (TPSA) is 20.3 Å². The normalized spacial score (nSPS) is 24.5. The number of carbonyl (C=O) groups is 1. The van der Waals surface area contributed by atoms with Crippen LogP contribution in [0.25, 0.3) is 0 Å². The van der Waals surface area contributed by atoms with Gasteiger partial charge in [-0.15, -0.1) is 0 Å². The number of piperidine rings is 1. The lowest BCUT2D eigenvalue weighted by Crippen LogP contribution is -2.56. The Kier molecular flexibility index (Phi) is 4.90. The van der Waals surface area contributed by atoms with Crippen molar-refractivity contribution in [3.8, 4) is 0 Å². The van der Waals surface area contributed by atoms with E-state index in [1.54, 1.807) is 12.1 Å². The second-order valence-corrected chi connectivity index (χ2v) is 9.38. The average Bonchev–Trinajstić information content (AvgIpc) is 3.06. The molecule has 5 rings (SSSR count). The quantitative estimate of drug-likeness (QED) is 0.532. The Balaban J connectivity index is 1.49. The van der Waals surface area contributed by atoms with Gasteiger partial charge in [0, 0.05) is 23.2 Å². The van der Waals surface area contributed by atoms with E-state index in [2.05, 4.69) is 62.5 Å². The number of carbonyl (C=O) groups excluding carboxylic acids is 1. The zero-order chi connectivity index (χ0) is 21.6. The van der Waals surface area contributed by atoms with E-state index in [1.807, 2.05) is 4.90 Å². The summed E-state index contributed by atoms with van der Waals surface area (Å²) in [5.74, 6) is -0.0444. The summed E-state index contributed by atoms with van der Waals surface area (Å²) in [6.07, 6.45) is 0.953. The standard InChI is InChI=1S/C27H28FN2O/c1-19-8-13-25-23(16-19)24-18-30(2,17-20-6-4-3-5-7-20)15-14-26(24)29(25)27(31)21-9-11-22(28)12-10-21/h3-13,16,24,26H,14-15,17-18H2,1-2H3/q+1/t24-,26-,30?/m0/s1. The van der Waals surface area contributed by atoms with Gasteiger partial charge in [-0.25, -0.2) is 4.39 Å². The number of fused-ring (bicyclic) bond motifs is 3. The Labute approximate surface area is 183 Å². The van der Waals surface area contributed by atoms with Crippen molar-refractivity contribution in [1.29, 1.82) is 0 Å². The van der Waals surface area contributed by atoms with Crippen molar-refractivity contribution in [2.45, 2.75) is 31.8 Å². The fourth-order valence-electron chi connectivity index (χ4n) is 5.48. The first kappa shape index (κ1) is 20.0. The molecule has 158 valence electrons. The average molecular weight is 416 g/mol. The molecule has 3 atom stereocenters. The third kappa shape index (κ3) is 3.66. The number of likely N-dealkylation sites (tertiary alicyclic amines) is 1. The fraction of sp³-hybridized carbons (Fsp3) is 0.296. The van der Waals surface area contributed by atoms with Crippen molar-refractivity contribution in [2.75, 3.05) is 25.0 Å². The highest BCUT2D eigenvalue weighted by Gasteiger charge is 2.49. The molecule has 3 aromatic carbocycles. The highest BCUT2D eigenvalue weighted by Crippen LogP contribution is 2.47. The van der Waals surface area contributed by atoms with E-state index in [0.29, 0.717) is 11.5 Å². The molecule has 2 heterocycles. The number of amides is 1. The molecule has 0 N–H and O–H groups in total. The maximum atomic E-state index is 13.5. The Morgan fingerprint density at radius 1 is 1.06 bits per heavy atom. The summed E-state index contributed by atoms with van der Waals surface area (Å²) >= 11 is 0. The van der Waals surface area contributed by atoms with Crippen molar-refractivity contribution in [3.63, 3.8) is 0 Å². The van der Waals surface area contributed by atoms with Crippen molar-refractivity contribution >= 4 is 11.6 Å². The number of benzene rings is 3. The minimum Gasteiger partial charge on any atom is -0.322 e. The molecule has 31 heavy (non-hydrogen) atoms. The number of hydrogen-bond donors (Lipinski definition) is 0. The van der Waals surface area contributed by atoms with Crippen LogP contribution in [0.15, 0.2) is 72.8 Å². The van der Waals surface area contributed by atoms with Crippen molar-refractivity contribution in [1.82, 2.24) is 0 Å².